The van der Waals surface area contributed by atoms with Crippen molar-refractivity contribution in [2.45, 2.75) is 19.8 Å². The van der Waals surface area contributed by atoms with Gasteiger partial charge in [0.2, 0.25) is 5.56 Å². The van der Waals surface area contributed by atoms with Gasteiger partial charge in [-0.05, 0) is 30.5 Å². The minimum Gasteiger partial charge on any atom is -0.369 e. The molecule has 5 heteroatoms. The lowest BCUT2D eigenvalue weighted by Gasteiger charge is -2.19. The van der Waals surface area contributed by atoms with Crippen LogP contribution in [0, 0.1) is 0 Å². The van der Waals surface area contributed by atoms with Crippen molar-refractivity contribution in [3.05, 3.63) is 63.6 Å². The van der Waals surface area contributed by atoms with Crippen LogP contribution in [0.3, 0.4) is 0 Å². The van der Waals surface area contributed by atoms with Crippen LogP contribution in [0.5, 0.6) is 0 Å². The summed E-state index contributed by atoms with van der Waals surface area (Å²) in [5.74, 6) is -0.196. The monoisotopic (exact) mass is 311 g/mol. The number of rotatable bonds is 5. The Kier molecular flexibility index (Phi) is 4.46. The third-order valence-corrected chi connectivity index (χ3v) is 4.19. The van der Waals surface area contributed by atoms with Gasteiger partial charge in [0.15, 0.2) is 0 Å². The summed E-state index contributed by atoms with van der Waals surface area (Å²) in [6.45, 7) is 4.26. The van der Waals surface area contributed by atoms with Crippen LogP contribution in [-0.2, 0) is 12.8 Å². The summed E-state index contributed by atoms with van der Waals surface area (Å²) >= 11 is 0. The van der Waals surface area contributed by atoms with Gasteiger partial charge in [-0.25, -0.2) is 0 Å². The summed E-state index contributed by atoms with van der Waals surface area (Å²) < 4.78 is 0. The van der Waals surface area contributed by atoms with Gasteiger partial charge in [0.1, 0.15) is 0 Å². The van der Waals surface area contributed by atoms with E-state index in [2.05, 4.69) is 33.4 Å². The number of hydrogen-bond donors (Lipinski definition) is 2. The van der Waals surface area contributed by atoms with Crippen molar-refractivity contribution in [1.29, 1.82) is 0 Å². The number of hydrogen-bond acceptors (Lipinski definition) is 3. The smallest absolute Gasteiger partial charge is 0.251 e. The topological polar surface area (TPSA) is 65.2 Å². The minimum atomic E-state index is -0.233. The Morgan fingerprint density at radius 3 is 2.96 bits per heavy atom. The quantitative estimate of drug-likeness (QED) is 0.884. The fourth-order valence-electron chi connectivity index (χ4n) is 2.97. The number of para-hydroxylation sites is 1. The van der Waals surface area contributed by atoms with Gasteiger partial charge < -0.3 is 15.2 Å². The van der Waals surface area contributed by atoms with Crippen molar-refractivity contribution in [2.24, 2.45) is 0 Å². The van der Waals surface area contributed by atoms with Crippen molar-refractivity contribution >= 4 is 11.6 Å². The highest BCUT2D eigenvalue weighted by molar-refractivity contribution is 5.94. The number of aryl methyl sites for hydroxylation is 1. The number of carbonyl (C=O) groups excluding carboxylic acids is 1. The summed E-state index contributed by atoms with van der Waals surface area (Å²) in [4.78, 5) is 28.8. The molecule has 0 unspecified atom stereocenters. The average molecular weight is 311 g/mol. The zero-order valence-corrected chi connectivity index (χ0v) is 13.3. The van der Waals surface area contributed by atoms with E-state index in [0.29, 0.717) is 18.5 Å². The van der Waals surface area contributed by atoms with Crippen molar-refractivity contribution < 1.29 is 4.79 Å². The molecule has 0 saturated carbocycles. The number of amides is 1. The third kappa shape index (κ3) is 3.44. The molecule has 1 aliphatic heterocycles. The van der Waals surface area contributed by atoms with E-state index in [0.717, 1.165) is 25.2 Å². The maximum atomic E-state index is 12.2. The molecule has 1 aromatic heterocycles. The molecule has 2 aromatic rings. The van der Waals surface area contributed by atoms with E-state index >= 15 is 0 Å². The lowest BCUT2D eigenvalue weighted by molar-refractivity contribution is 0.0954. The van der Waals surface area contributed by atoms with Crippen LogP contribution in [0.4, 0.5) is 5.69 Å². The Labute approximate surface area is 135 Å². The first-order valence-electron chi connectivity index (χ1n) is 8.01. The molecule has 0 bridgehead atoms. The number of anilines is 1. The highest BCUT2D eigenvalue weighted by Crippen LogP contribution is 2.26. The Hall–Kier alpha value is -2.56. The second-order valence-electron chi connectivity index (χ2n) is 5.73. The number of aromatic amines is 1. The predicted octanol–water partition coefficient (Wildman–Crippen LogP) is 1.73. The zero-order valence-electron chi connectivity index (χ0n) is 13.3. The molecule has 0 saturated heterocycles. The fourth-order valence-corrected chi connectivity index (χ4v) is 2.97. The molecule has 0 radical (unpaired) electrons. The number of fused-ring (bicyclic) bond motifs is 1. The Bertz CT molecular complexity index is 767. The van der Waals surface area contributed by atoms with Crippen molar-refractivity contribution in [2.75, 3.05) is 24.5 Å². The number of H-pyrrole nitrogens is 1. The molecule has 0 aliphatic carbocycles. The summed E-state index contributed by atoms with van der Waals surface area (Å²) in [7, 11) is 0. The molecule has 0 spiro atoms. The molecule has 2 heterocycles. The lowest BCUT2D eigenvalue weighted by Crippen LogP contribution is -2.34. The van der Waals surface area contributed by atoms with Crippen LogP contribution < -0.4 is 15.8 Å². The van der Waals surface area contributed by atoms with Crippen LogP contribution in [0.2, 0.25) is 0 Å². The SMILES string of the molecule is CCc1cc(C(=O)NCCN2CCc3ccccc32)cc(=O)[nH]1. The number of benzene rings is 1. The van der Waals surface area contributed by atoms with Gasteiger partial charge in [0.05, 0.1) is 0 Å². The molecular formula is C18H21N3O2. The second-order valence-corrected chi connectivity index (χ2v) is 5.73. The van der Waals surface area contributed by atoms with Gasteiger partial charge >= 0.3 is 0 Å². The first-order chi connectivity index (χ1) is 11.2. The second kappa shape index (κ2) is 6.69. The number of aromatic nitrogens is 1. The number of nitrogens with zero attached hydrogens (tertiary/aromatic N) is 1. The molecule has 3 rings (SSSR count). The molecule has 120 valence electrons. The van der Waals surface area contributed by atoms with E-state index in [4.69, 9.17) is 0 Å². The highest BCUT2D eigenvalue weighted by Gasteiger charge is 2.17. The van der Waals surface area contributed by atoms with E-state index in [-0.39, 0.29) is 11.5 Å². The van der Waals surface area contributed by atoms with Crippen LogP contribution in [0.15, 0.2) is 41.2 Å². The van der Waals surface area contributed by atoms with Crippen LogP contribution in [0.25, 0.3) is 0 Å². The Balaban J connectivity index is 1.58. The molecule has 1 amide bonds. The number of carbonyl (C=O) groups is 1. The van der Waals surface area contributed by atoms with Gasteiger partial charge in [-0.3, -0.25) is 9.59 Å². The van der Waals surface area contributed by atoms with Crippen molar-refractivity contribution in [3.8, 4) is 0 Å². The average Bonchev–Trinajstić information content (AvgIpc) is 2.97. The maximum Gasteiger partial charge on any atom is 0.251 e. The summed E-state index contributed by atoms with van der Waals surface area (Å²) in [5.41, 5.74) is 3.58. The number of nitrogens with one attached hydrogen (secondary N) is 2. The van der Waals surface area contributed by atoms with E-state index in [1.54, 1.807) is 6.07 Å². The van der Waals surface area contributed by atoms with Crippen molar-refractivity contribution in [3.63, 3.8) is 0 Å². The first kappa shape index (κ1) is 15.3. The molecule has 0 fully saturated rings. The predicted molar refractivity (Wildman–Crippen MR) is 91.1 cm³/mol. The molecule has 1 aromatic carbocycles. The molecule has 1 aliphatic rings. The maximum absolute atomic E-state index is 12.2. The van der Waals surface area contributed by atoms with E-state index < -0.39 is 0 Å². The summed E-state index contributed by atoms with van der Waals surface area (Å²) in [5, 5.41) is 2.90. The lowest BCUT2D eigenvalue weighted by atomic mass is 10.2. The normalized spacial score (nSPS) is 13.0. The first-order valence-corrected chi connectivity index (χ1v) is 8.01. The standard InChI is InChI=1S/C18H21N3O2/c1-2-15-11-14(12-17(22)20-15)18(23)19-8-10-21-9-7-13-5-3-4-6-16(13)21/h3-6,11-12H,2,7-10H2,1H3,(H,19,23)(H,20,22). The molecule has 2 N–H and O–H groups in total. The molecule has 0 atom stereocenters. The number of pyridine rings is 1. The van der Waals surface area contributed by atoms with Crippen LogP contribution in [-0.4, -0.2) is 30.5 Å². The van der Waals surface area contributed by atoms with Crippen molar-refractivity contribution in [1.82, 2.24) is 10.3 Å². The van der Waals surface area contributed by atoms with Gasteiger partial charge in [-0.2, -0.15) is 0 Å². The molecule has 5 nitrogen and oxygen atoms in total. The largest absolute Gasteiger partial charge is 0.369 e. The van der Waals surface area contributed by atoms with E-state index in [1.165, 1.54) is 17.3 Å². The van der Waals surface area contributed by atoms with Gasteiger partial charge in [-0.15, -0.1) is 0 Å². The van der Waals surface area contributed by atoms with Gasteiger partial charge in [0, 0.05) is 42.6 Å². The van der Waals surface area contributed by atoms with Gasteiger partial charge in [0.25, 0.3) is 5.91 Å². The highest BCUT2D eigenvalue weighted by atomic mass is 16.2. The van der Waals surface area contributed by atoms with E-state index in [9.17, 15) is 9.59 Å². The minimum absolute atomic E-state index is 0.196. The zero-order chi connectivity index (χ0) is 16.2. The van der Waals surface area contributed by atoms with Gasteiger partial charge in [-0.1, -0.05) is 25.1 Å². The molecule has 23 heavy (non-hydrogen) atoms. The van der Waals surface area contributed by atoms with Crippen LogP contribution in [0.1, 0.15) is 28.5 Å². The summed E-state index contributed by atoms with van der Waals surface area (Å²) in [6, 6.07) is 11.5. The fraction of sp³-hybridized carbons (Fsp3) is 0.333. The Morgan fingerprint density at radius 2 is 2.13 bits per heavy atom. The third-order valence-electron chi connectivity index (χ3n) is 4.19. The molecular weight excluding hydrogens is 290 g/mol. The summed E-state index contributed by atoms with van der Waals surface area (Å²) in [6.07, 6.45) is 1.75. The Morgan fingerprint density at radius 1 is 1.30 bits per heavy atom. The van der Waals surface area contributed by atoms with Crippen LogP contribution >= 0.6 is 0 Å². The van der Waals surface area contributed by atoms with E-state index in [1.807, 2.05) is 13.0 Å².